The third-order valence-electron chi connectivity index (χ3n) is 0.815. The number of rotatable bonds is 1. The second kappa shape index (κ2) is 2.47. The third-order valence-corrected chi connectivity index (χ3v) is 0.815. The van der Waals surface area contributed by atoms with Crippen LogP contribution in [-0.4, -0.2) is 16.0 Å². The zero-order chi connectivity index (χ0) is 7.56. The Balaban J connectivity index is 2.67. The summed E-state index contributed by atoms with van der Waals surface area (Å²) >= 11 is 0. The number of carbonyl (C=O) groups excluding carboxylic acids is 1. The van der Waals surface area contributed by atoms with Crippen LogP contribution in [0, 0.1) is 6.92 Å². The molecule has 0 radical (unpaired) electrons. The lowest BCUT2D eigenvalue weighted by atomic mass is 10.7. The van der Waals surface area contributed by atoms with E-state index in [-0.39, 0.29) is 11.9 Å². The molecule has 0 saturated carbocycles. The van der Waals surface area contributed by atoms with E-state index in [4.69, 9.17) is 0 Å². The van der Waals surface area contributed by atoms with Gasteiger partial charge < -0.3 is 4.52 Å². The van der Waals surface area contributed by atoms with Gasteiger partial charge in [0.15, 0.2) is 0 Å². The molecule has 1 aromatic heterocycles. The van der Waals surface area contributed by atoms with Crippen molar-refractivity contribution in [3.05, 3.63) is 5.89 Å². The van der Waals surface area contributed by atoms with E-state index in [1.54, 1.807) is 6.92 Å². The topological polar surface area (TPSA) is 68.0 Å². The molecule has 1 amide bonds. The van der Waals surface area contributed by atoms with Gasteiger partial charge in [-0.05, 0) is 5.16 Å². The number of amides is 1. The molecule has 0 bridgehead atoms. The third kappa shape index (κ3) is 1.54. The van der Waals surface area contributed by atoms with Crippen LogP contribution in [0.3, 0.4) is 0 Å². The van der Waals surface area contributed by atoms with Crippen molar-refractivity contribution in [2.24, 2.45) is 0 Å². The van der Waals surface area contributed by atoms with Gasteiger partial charge in [-0.2, -0.15) is 4.98 Å². The molecule has 0 aliphatic carbocycles. The summed E-state index contributed by atoms with van der Waals surface area (Å²) in [5.74, 6) is 0.439. The van der Waals surface area contributed by atoms with Crippen LogP contribution in [0.1, 0.15) is 12.8 Å². The van der Waals surface area contributed by atoms with Crippen LogP contribution in [0.5, 0.6) is 0 Å². The van der Waals surface area contributed by atoms with Crippen molar-refractivity contribution in [1.82, 2.24) is 10.1 Å². The molecule has 0 unspecified atom stereocenters. The number of anilines is 1. The highest BCUT2D eigenvalue weighted by Crippen LogP contribution is 1.98. The molecule has 1 aromatic rings. The molecule has 1 heterocycles. The van der Waals surface area contributed by atoms with Gasteiger partial charge >= 0.3 is 0 Å². The lowest BCUT2D eigenvalue weighted by Gasteiger charge is -1.88. The van der Waals surface area contributed by atoms with Crippen LogP contribution in [0.15, 0.2) is 4.52 Å². The van der Waals surface area contributed by atoms with E-state index in [9.17, 15) is 4.79 Å². The summed E-state index contributed by atoms with van der Waals surface area (Å²) < 4.78 is 4.59. The largest absolute Gasteiger partial charge is 0.338 e. The second-order valence-electron chi connectivity index (χ2n) is 1.82. The van der Waals surface area contributed by atoms with Crippen molar-refractivity contribution in [3.63, 3.8) is 0 Å². The van der Waals surface area contributed by atoms with Crippen LogP contribution in [0.4, 0.5) is 5.95 Å². The molecule has 0 fully saturated rings. The summed E-state index contributed by atoms with van der Waals surface area (Å²) in [5.41, 5.74) is 0. The zero-order valence-corrected chi connectivity index (χ0v) is 5.71. The maximum absolute atomic E-state index is 10.4. The van der Waals surface area contributed by atoms with Crippen molar-refractivity contribution in [2.75, 3.05) is 5.32 Å². The Bertz CT molecular complexity index is 243. The van der Waals surface area contributed by atoms with Gasteiger partial charge in [0.2, 0.25) is 11.8 Å². The summed E-state index contributed by atoms with van der Waals surface area (Å²) in [7, 11) is 0. The first-order valence-electron chi connectivity index (χ1n) is 2.76. The molecule has 5 nitrogen and oxygen atoms in total. The van der Waals surface area contributed by atoms with Crippen molar-refractivity contribution in [1.29, 1.82) is 0 Å². The van der Waals surface area contributed by atoms with E-state index in [0.29, 0.717) is 5.89 Å². The van der Waals surface area contributed by atoms with Crippen LogP contribution >= 0.6 is 0 Å². The number of hydrogen-bond donors (Lipinski definition) is 1. The van der Waals surface area contributed by atoms with Crippen LogP contribution in [0.25, 0.3) is 0 Å². The predicted molar refractivity (Wildman–Crippen MR) is 33.3 cm³/mol. The molecule has 1 N–H and O–H groups in total. The Hall–Kier alpha value is -1.39. The van der Waals surface area contributed by atoms with Crippen LogP contribution in [-0.2, 0) is 4.79 Å². The second-order valence-corrected chi connectivity index (χ2v) is 1.82. The molecule has 0 aliphatic rings. The van der Waals surface area contributed by atoms with E-state index in [1.165, 1.54) is 6.92 Å². The molecule has 0 saturated heterocycles. The van der Waals surface area contributed by atoms with Gasteiger partial charge in [-0.1, -0.05) is 0 Å². The average Bonchev–Trinajstić information content (AvgIpc) is 2.13. The van der Waals surface area contributed by atoms with E-state index in [0.717, 1.165) is 0 Å². The summed E-state index contributed by atoms with van der Waals surface area (Å²) in [6, 6.07) is 0. The SMILES string of the molecule is CC(=O)Nc1noc(C)n1. The molecular formula is C5H7N3O2. The minimum Gasteiger partial charge on any atom is -0.338 e. The predicted octanol–water partition coefficient (Wildman–Crippen LogP) is 0.336. The standard InChI is InChI=1S/C5H7N3O2/c1-3(9)6-5-7-4(2)10-8-5/h1-2H3,(H,6,8,9). The minimum atomic E-state index is -0.208. The van der Waals surface area contributed by atoms with Gasteiger partial charge in [0.1, 0.15) is 0 Å². The number of nitrogens with zero attached hydrogens (tertiary/aromatic N) is 2. The number of hydrogen-bond acceptors (Lipinski definition) is 4. The maximum Gasteiger partial charge on any atom is 0.270 e. The highest BCUT2D eigenvalue weighted by Gasteiger charge is 2.01. The fraction of sp³-hybridized carbons (Fsp3) is 0.400. The quantitative estimate of drug-likeness (QED) is 0.612. The summed E-state index contributed by atoms with van der Waals surface area (Å²) in [5, 5.41) is 5.81. The fourth-order valence-corrected chi connectivity index (χ4v) is 0.507. The van der Waals surface area contributed by atoms with E-state index in [2.05, 4.69) is 20.0 Å². The molecule has 5 heteroatoms. The molecule has 0 spiro atoms. The lowest BCUT2D eigenvalue weighted by molar-refractivity contribution is -0.114. The molecule has 0 aromatic carbocycles. The zero-order valence-electron chi connectivity index (χ0n) is 5.71. The van der Waals surface area contributed by atoms with Crippen LogP contribution < -0.4 is 5.32 Å². The van der Waals surface area contributed by atoms with Gasteiger partial charge in [-0.25, -0.2) is 0 Å². The van der Waals surface area contributed by atoms with Gasteiger partial charge in [0.25, 0.3) is 5.95 Å². The molecular weight excluding hydrogens is 134 g/mol. The highest BCUT2D eigenvalue weighted by atomic mass is 16.5. The van der Waals surface area contributed by atoms with Crippen molar-refractivity contribution in [2.45, 2.75) is 13.8 Å². The Morgan fingerprint density at radius 3 is 2.80 bits per heavy atom. The summed E-state index contributed by atoms with van der Waals surface area (Å²) in [6.07, 6.45) is 0. The average molecular weight is 141 g/mol. The van der Waals surface area contributed by atoms with Gasteiger partial charge in [0.05, 0.1) is 0 Å². The van der Waals surface area contributed by atoms with Crippen molar-refractivity contribution in [3.8, 4) is 0 Å². The number of aromatic nitrogens is 2. The first kappa shape index (κ1) is 6.73. The van der Waals surface area contributed by atoms with E-state index < -0.39 is 0 Å². The van der Waals surface area contributed by atoms with Crippen molar-refractivity contribution < 1.29 is 9.32 Å². The Kier molecular flexibility index (Phi) is 1.66. The highest BCUT2D eigenvalue weighted by molar-refractivity contribution is 5.86. The van der Waals surface area contributed by atoms with E-state index in [1.807, 2.05) is 0 Å². The molecule has 54 valence electrons. The lowest BCUT2D eigenvalue weighted by Crippen LogP contribution is -2.06. The Morgan fingerprint density at radius 1 is 1.70 bits per heavy atom. The monoisotopic (exact) mass is 141 g/mol. The minimum absolute atomic E-state index is 0.208. The maximum atomic E-state index is 10.4. The van der Waals surface area contributed by atoms with Crippen LogP contribution in [0.2, 0.25) is 0 Å². The van der Waals surface area contributed by atoms with E-state index >= 15 is 0 Å². The summed E-state index contributed by atoms with van der Waals surface area (Å²) in [4.78, 5) is 14.1. The van der Waals surface area contributed by atoms with Crippen molar-refractivity contribution >= 4 is 11.9 Å². The summed E-state index contributed by atoms with van der Waals surface area (Å²) in [6.45, 7) is 3.03. The molecule has 0 atom stereocenters. The molecule has 10 heavy (non-hydrogen) atoms. The normalized spacial score (nSPS) is 9.40. The smallest absolute Gasteiger partial charge is 0.270 e. The number of nitrogens with one attached hydrogen (secondary N) is 1. The number of aryl methyl sites for hydroxylation is 1. The number of carbonyl (C=O) groups is 1. The Labute approximate surface area is 57.4 Å². The fourth-order valence-electron chi connectivity index (χ4n) is 0.507. The molecule has 0 aliphatic heterocycles. The van der Waals surface area contributed by atoms with Gasteiger partial charge in [-0.3, -0.25) is 10.1 Å². The van der Waals surface area contributed by atoms with Gasteiger partial charge in [0, 0.05) is 13.8 Å². The first-order valence-corrected chi connectivity index (χ1v) is 2.76. The first-order chi connectivity index (χ1) is 4.68. The molecule has 1 rings (SSSR count). The Morgan fingerprint density at radius 2 is 2.40 bits per heavy atom. The van der Waals surface area contributed by atoms with Gasteiger partial charge in [-0.15, -0.1) is 0 Å².